The van der Waals surface area contributed by atoms with Crippen molar-refractivity contribution in [3.63, 3.8) is 0 Å². The molecule has 122 valence electrons. The largest absolute Gasteiger partial charge is 0.506 e. The third-order valence-corrected chi connectivity index (χ3v) is 3.65. The number of aromatic hydroxyl groups is 1. The van der Waals surface area contributed by atoms with Gasteiger partial charge < -0.3 is 14.7 Å². The summed E-state index contributed by atoms with van der Waals surface area (Å²) in [5.74, 6) is 0.998. The maximum Gasteiger partial charge on any atom is 0.255 e. The van der Waals surface area contributed by atoms with E-state index in [9.17, 15) is 9.90 Å². The normalized spacial score (nSPS) is 11.8. The molecule has 5 nitrogen and oxygen atoms in total. The standard InChI is InChI=1S/C18H22N2O3/c1-13(8-14-4-6-17(23-3)7-5-14)12-20(2)18(22)15-9-16(21)11-19-10-15/h4-7,9-11,13,21H,8,12H2,1-3H3/t13-/m1/s1. The molecule has 0 aliphatic heterocycles. The van der Waals surface area contributed by atoms with E-state index in [4.69, 9.17) is 4.74 Å². The van der Waals surface area contributed by atoms with Crippen molar-refractivity contribution < 1.29 is 14.6 Å². The predicted octanol–water partition coefficient (Wildman–Crippen LogP) is 2.75. The quantitative estimate of drug-likeness (QED) is 0.890. The Morgan fingerprint density at radius 2 is 2.00 bits per heavy atom. The molecule has 23 heavy (non-hydrogen) atoms. The average molecular weight is 314 g/mol. The van der Waals surface area contributed by atoms with Crippen LogP contribution in [0.25, 0.3) is 0 Å². The van der Waals surface area contributed by atoms with Crippen molar-refractivity contribution in [3.05, 3.63) is 53.9 Å². The minimum absolute atomic E-state index is 0.00414. The molecular weight excluding hydrogens is 292 g/mol. The highest BCUT2D eigenvalue weighted by atomic mass is 16.5. The number of carbonyl (C=O) groups excluding carboxylic acids is 1. The Kier molecular flexibility index (Phi) is 5.57. The lowest BCUT2D eigenvalue weighted by Gasteiger charge is -2.22. The molecule has 0 unspecified atom stereocenters. The van der Waals surface area contributed by atoms with Gasteiger partial charge >= 0.3 is 0 Å². The number of ether oxygens (including phenoxy) is 1. The average Bonchev–Trinajstić information content (AvgIpc) is 2.54. The first kappa shape index (κ1) is 16.8. The van der Waals surface area contributed by atoms with Crippen LogP contribution in [0.5, 0.6) is 11.5 Å². The summed E-state index contributed by atoms with van der Waals surface area (Å²) in [6.45, 7) is 2.73. The van der Waals surface area contributed by atoms with Crippen LogP contribution in [0.4, 0.5) is 0 Å². The number of amides is 1. The molecule has 1 atom stereocenters. The van der Waals surface area contributed by atoms with E-state index in [0.29, 0.717) is 18.0 Å². The van der Waals surface area contributed by atoms with Gasteiger partial charge in [-0.15, -0.1) is 0 Å². The first-order valence-electron chi connectivity index (χ1n) is 7.52. The Bertz CT molecular complexity index is 656. The van der Waals surface area contributed by atoms with Gasteiger partial charge in [0.05, 0.1) is 18.9 Å². The molecule has 0 aliphatic rings. The van der Waals surface area contributed by atoms with Gasteiger partial charge in [-0.1, -0.05) is 19.1 Å². The van der Waals surface area contributed by atoms with E-state index < -0.39 is 0 Å². The van der Waals surface area contributed by atoms with Gasteiger partial charge in [-0.3, -0.25) is 9.78 Å². The molecule has 0 saturated carbocycles. The molecule has 0 radical (unpaired) electrons. The molecule has 1 N–H and O–H groups in total. The zero-order valence-corrected chi connectivity index (χ0v) is 13.7. The number of hydrogen-bond donors (Lipinski definition) is 1. The summed E-state index contributed by atoms with van der Waals surface area (Å²) >= 11 is 0. The molecule has 1 aromatic carbocycles. The molecule has 0 aliphatic carbocycles. The van der Waals surface area contributed by atoms with E-state index in [1.807, 2.05) is 24.3 Å². The number of aromatic nitrogens is 1. The summed E-state index contributed by atoms with van der Waals surface area (Å²) in [6.07, 6.45) is 3.65. The number of rotatable bonds is 6. The van der Waals surface area contributed by atoms with Crippen molar-refractivity contribution in [2.24, 2.45) is 5.92 Å². The van der Waals surface area contributed by atoms with Crippen molar-refractivity contribution >= 4 is 5.91 Å². The van der Waals surface area contributed by atoms with Gasteiger partial charge in [-0.2, -0.15) is 0 Å². The van der Waals surface area contributed by atoms with Crippen LogP contribution in [0.3, 0.4) is 0 Å². The van der Waals surface area contributed by atoms with Crippen molar-refractivity contribution in [1.82, 2.24) is 9.88 Å². The Morgan fingerprint density at radius 3 is 2.61 bits per heavy atom. The summed E-state index contributed by atoms with van der Waals surface area (Å²) in [4.78, 5) is 17.8. The van der Waals surface area contributed by atoms with Crippen LogP contribution in [0, 0.1) is 5.92 Å². The first-order valence-corrected chi connectivity index (χ1v) is 7.52. The predicted molar refractivity (Wildman–Crippen MR) is 88.7 cm³/mol. The van der Waals surface area contributed by atoms with Gasteiger partial charge in [-0.05, 0) is 36.1 Å². The SMILES string of the molecule is COc1ccc(C[C@@H](C)CN(C)C(=O)c2cncc(O)c2)cc1. The molecule has 2 aromatic rings. The van der Waals surface area contributed by atoms with Gasteiger partial charge in [0.25, 0.3) is 5.91 Å². The second-order valence-electron chi connectivity index (χ2n) is 5.77. The third kappa shape index (κ3) is 4.71. The van der Waals surface area contributed by atoms with Crippen LogP contribution in [-0.2, 0) is 6.42 Å². The van der Waals surface area contributed by atoms with Crippen LogP contribution in [0.2, 0.25) is 0 Å². The van der Waals surface area contributed by atoms with E-state index in [0.717, 1.165) is 12.2 Å². The van der Waals surface area contributed by atoms with Crippen molar-refractivity contribution in [2.45, 2.75) is 13.3 Å². The number of nitrogens with zero attached hydrogens (tertiary/aromatic N) is 2. The molecular formula is C18H22N2O3. The zero-order valence-electron chi connectivity index (χ0n) is 13.7. The summed E-state index contributed by atoms with van der Waals surface area (Å²) in [5, 5.41) is 9.42. The number of hydrogen-bond acceptors (Lipinski definition) is 4. The van der Waals surface area contributed by atoms with E-state index in [1.165, 1.54) is 24.0 Å². The van der Waals surface area contributed by atoms with E-state index in [2.05, 4.69) is 11.9 Å². The highest BCUT2D eigenvalue weighted by Gasteiger charge is 2.15. The summed E-state index contributed by atoms with van der Waals surface area (Å²) < 4.78 is 5.15. The fraction of sp³-hybridized carbons (Fsp3) is 0.333. The fourth-order valence-electron chi connectivity index (χ4n) is 2.54. The molecule has 0 spiro atoms. The number of benzene rings is 1. The first-order chi connectivity index (χ1) is 11.0. The van der Waals surface area contributed by atoms with Gasteiger partial charge in [0, 0.05) is 19.8 Å². The minimum atomic E-state index is -0.144. The molecule has 0 fully saturated rings. The van der Waals surface area contributed by atoms with Crippen molar-refractivity contribution in [1.29, 1.82) is 0 Å². The highest BCUT2D eigenvalue weighted by Crippen LogP contribution is 2.16. The molecule has 1 heterocycles. The lowest BCUT2D eigenvalue weighted by Crippen LogP contribution is -2.31. The topological polar surface area (TPSA) is 62.7 Å². The van der Waals surface area contributed by atoms with E-state index >= 15 is 0 Å². The Hall–Kier alpha value is -2.56. The zero-order chi connectivity index (χ0) is 16.8. The van der Waals surface area contributed by atoms with Crippen LogP contribution < -0.4 is 4.74 Å². The highest BCUT2D eigenvalue weighted by molar-refractivity contribution is 5.94. The molecule has 5 heteroatoms. The lowest BCUT2D eigenvalue weighted by molar-refractivity contribution is 0.0775. The number of methoxy groups -OCH3 is 1. The maximum absolute atomic E-state index is 12.3. The van der Waals surface area contributed by atoms with Crippen molar-refractivity contribution in [3.8, 4) is 11.5 Å². The van der Waals surface area contributed by atoms with Crippen LogP contribution in [0.1, 0.15) is 22.8 Å². The van der Waals surface area contributed by atoms with Crippen LogP contribution in [-0.4, -0.2) is 41.6 Å². The third-order valence-electron chi connectivity index (χ3n) is 3.65. The Labute approximate surface area is 136 Å². The fourth-order valence-corrected chi connectivity index (χ4v) is 2.54. The molecule has 0 bridgehead atoms. The van der Waals surface area contributed by atoms with Crippen LogP contribution >= 0.6 is 0 Å². The summed E-state index contributed by atoms with van der Waals surface area (Å²) in [5.41, 5.74) is 1.60. The second kappa shape index (κ2) is 7.63. The van der Waals surface area contributed by atoms with Crippen molar-refractivity contribution in [2.75, 3.05) is 20.7 Å². The monoisotopic (exact) mass is 314 g/mol. The number of carbonyl (C=O) groups is 1. The second-order valence-corrected chi connectivity index (χ2v) is 5.77. The summed E-state index contributed by atoms with van der Waals surface area (Å²) in [6, 6.07) is 9.39. The minimum Gasteiger partial charge on any atom is -0.506 e. The molecule has 1 aromatic heterocycles. The Morgan fingerprint density at radius 1 is 1.30 bits per heavy atom. The summed E-state index contributed by atoms with van der Waals surface area (Å²) in [7, 11) is 3.41. The Balaban J connectivity index is 1.93. The molecule has 1 amide bonds. The van der Waals surface area contributed by atoms with Crippen LogP contribution in [0.15, 0.2) is 42.7 Å². The lowest BCUT2D eigenvalue weighted by atomic mass is 10.0. The van der Waals surface area contributed by atoms with E-state index in [1.54, 1.807) is 19.1 Å². The molecule has 2 rings (SSSR count). The molecule has 0 saturated heterocycles. The maximum atomic E-state index is 12.3. The van der Waals surface area contributed by atoms with E-state index in [-0.39, 0.29) is 11.7 Å². The smallest absolute Gasteiger partial charge is 0.255 e. The van der Waals surface area contributed by atoms with Gasteiger partial charge in [-0.25, -0.2) is 0 Å². The van der Waals surface area contributed by atoms with Gasteiger partial charge in [0.1, 0.15) is 11.5 Å². The number of pyridine rings is 1. The van der Waals surface area contributed by atoms with Gasteiger partial charge in [0.2, 0.25) is 0 Å². The van der Waals surface area contributed by atoms with Gasteiger partial charge in [0.15, 0.2) is 0 Å².